The maximum atomic E-state index is 7.77. The van der Waals surface area contributed by atoms with Crippen molar-refractivity contribution in [3.8, 4) is 11.3 Å². The minimum absolute atomic E-state index is 0.832. The summed E-state index contributed by atoms with van der Waals surface area (Å²) in [6, 6.07) is 12.0. The van der Waals surface area contributed by atoms with Crippen LogP contribution in [0.15, 0.2) is 42.6 Å². The first kappa shape index (κ1) is 9.32. The predicted molar refractivity (Wildman–Crippen MR) is 76.5 cm³/mol. The van der Waals surface area contributed by atoms with E-state index in [0.717, 1.165) is 16.8 Å². The van der Waals surface area contributed by atoms with Crippen LogP contribution in [0.5, 0.6) is 0 Å². The second-order valence-corrected chi connectivity index (χ2v) is 5.35. The third-order valence-electron chi connectivity index (χ3n) is 3.29. The van der Waals surface area contributed by atoms with Crippen LogP contribution in [0.1, 0.15) is 35.9 Å². The highest BCUT2D eigenvalue weighted by Crippen LogP contribution is 2.26. The minimum atomic E-state index is -2.03. The normalized spacial score (nSPS) is 14.8. The summed E-state index contributed by atoms with van der Waals surface area (Å²) in [6.07, 6.45) is 1.94. The Morgan fingerprint density at radius 3 is 2.56 bits per heavy atom. The summed E-state index contributed by atoms with van der Waals surface area (Å²) in [7, 11) is 1.98. The van der Waals surface area contributed by atoms with Gasteiger partial charge in [-0.05, 0) is 29.5 Å². The minimum Gasteiger partial charge on any atom is -0.201 e. The predicted octanol–water partition coefficient (Wildman–Crippen LogP) is 3.78. The zero-order chi connectivity index (χ0) is 15.8. The molecule has 0 radical (unpaired) electrons. The lowest BCUT2D eigenvalue weighted by atomic mass is 9.86. The van der Waals surface area contributed by atoms with Gasteiger partial charge in [-0.25, -0.2) is 4.57 Å². The van der Waals surface area contributed by atoms with E-state index in [2.05, 4.69) is 19.1 Å². The molecule has 1 heterocycles. The van der Waals surface area contributed by atoms with Crippen molar-refractivity contribution in [2.45, 2.75) is 33.0 Å². The van der Waals surface area contributed by atoms with Crippen molar-refractivity contribution in [3.05, 3.63) is 53.7 Å². The van der Waals surface area contributed by atoms with Gasteiger partial charge in [-0.2, -0.15) is 0 Å². The first-order chi connectivity index (χ1) is 9.64. The average molecular weight is 243 g/mol. The molecule has 0 saturated heterocycles. The number of hydrogen-bond donors (Lipinski definition) is 0. The van der Waals surface area contributed by atoms with Gasteiger partial charge in [0.25, 0.3) is 0 Å². The van der Waals surface area contributed by atoms with Crippen molar-refractivity contribution in [1.82, 2.24) is 0 Å². The Morgan fingerprint density at radius 2 is 1.89 bits per heavy atom. The second kappa shape index (κ2) is 4.56. The van der Waals surface area contributed by atoms with Gasteiger partial charge in [0.05, 0.1) is 0 Å². The molecule has 0 aliphatic heterocycles. The summed E-state index contributed by atoms with van der Waals surface area (Å²) >= 11 is 0. The number of rotatable bonds is 1. The molecule has 0 unspecified atom stereocenters. The van der Waals surface area contributed by atoms with Gasteiger partial charge in [0.1, 0.15) is 7.05 Å². The largest absolute Gasteiger partial charge is 0.212 e. The van der Waals surface area contributed by atoms with Gasteiger partial charge in [-0.15, -0.1) is 0 Å². The summed E-state index contributed by atoms with van der Waals surface area (Å²) in [6.45, 7) is 3.58. The molecular formula is C17H22N+. The van der Waals surface area contributed by atoms with Gasteiger partial charge in [0, 0.05) is 21.8 Å². The van der Waals surface area contributed by atoms with E-state index in [0.29, 0.717) is 0 Å². The van der Waals surface area contributed by atoms with E-state index in [4.69, 9.17) is 4.11 Å². The molecule has 0 saturated carbocycles. The maximum absolute atomic E-state index is 7.77. The zero-order valence-electron chi connectivity index (χ0n) is 14.5. The highest BCUT2D eigenvalue weighted by atomic mass is 14.9. The fraction of sp³-hybridized carbons (Fsp3) is 0.353. The fourth-order valence-electron chi connectivity index (χ4n) is 2.09. The van der Waals surface area contributed by atoms with E-state index in [9.17, 15) is 0 Å². The second-order valence-electron chi connectivity index (χ2n) is 5.35. The summed E-state index contributed by atoms with van der Waals surface area (Å²) in [4.78, 5) is 0. The molecule has 1 aromatic heterocycles. The monoisotopic (exact) mass is 243 g/mol. The number of nitrogens with zero attached hydrogens (tertiary/aromatic N) is 1. The van der Waals surface area contributed by atoms with E-state index in [1.54, 1.807) is 13.8 Å². The Labute approximate surface area is 114 Å². The molecule has 1 nitrogen and oxygen atoms in total. The Kier molecular flexibility index (Phi) is 2.36. The standard InChI is InChI=1S/C17H22N/c1-13-8-6-7-9-15(13)16-12-14(17(2,3)4)10-11-18(16)5/h6-12H,1-5H3/q+1/i2D3. The Bertz CT molecular complexity index is 657. The van der Waals surface area contributed by atoms with E-state index in [1.807, 2.05) is 42.1 Å². The highest BCUT2D eigenvalue weighted by Gasteiger charge is 2.19. The quantitative estimate of drug-likeness (QED) is 0.671. The smallest absolute Gasteiger partial charge is 0.201 e. The molecule has 1 heteroatoms. The van der Waals surface area contributed by atoms with Crippen molar-refractivity contribution in [2.24, 2.45) is 7.05 Å². The van der Waals surface area contributed by atoms with Crippen LogP contribution in [0.2, 0.25) is 0 Å². The molecule has 0 aliphatic rings. The molecule has 2 aromatic rings. The van der Waals surface area contributed by atoms with Crippen LogP contribution in [0.3, 0.4) is 0 Å². The molecule has 1 aromatic carbocycles. The average Bonchev–Trinajstić information content (AvgIpc) is 2.38. The van der Waals surface area contributed by atoms with Gasteiger partial charge >= 0.3 is 0 Å². The number of benzene rings is 1. The SMILES string of the molecule is [2H]C([2H])([2H])C(C)(C)c1cc[n+](C)c(-c2ccccc2C)c1. The van der Waals surface area contributed by atoms with E-state index in [1.165, 1.54) is 5.56 Å². The van der Waals surface area contributed by atoms with Crippen molar-refractivity contribution >= 4 is 0 Å². The van der Waals surface area contributed by atoms with Gasteiger partial charge in [-0.3, -0.25) is 0 Å². The molecule has 18 heavy (non-hydrogen) atoms. The van der Waals surface area contributed by atoms with Crippen LogP contribution < -0.4 is 4.57 Å². The number of pyridine rings is 1. The van der Waals surface area contributed by atoms with E-state index in [-0.39, 0.29) is 0 Å². The first-order valence-corrected chi connectivity index (χ1v) is 6.21. The lowest BCUT2D eigenvalue weighted by Gasteiger charge is -2.19. The molecule has 0 amide bonds. The third kappa shape index (κ3) is 2.45. The van der Waals surface area contributed by atoms with Crippen molar-refractivity contribution in [1.29, 1.82) is 0 Å². The van der Waals surface area contributed by atoms with Crippen LogP contribution in [0.25, 0.3) is 11.3 Å². The topological polar surface area (TPSA) is 3.88 Å². The summed E-state index contributed by atoms with van der Waals surface area (Å²) < 4.78 is 25.3. The summed E-state index contributed by atoms with van der Waals surface area (Å²) in [5.74, 6) is 0. The summed E-state index contributed by atoms with van der Waals surface area (Å²) in [5, 5.41) is 0. The van der Waals surface area contributed by atoms with Crippen molar-refractivity contribution < 1.29 is 8.68 Å². The number of hydrogen-bond acceptors (Lipinski definition) is 0. The number of aromatic nitrogens is 1. The molecule has 2 rings (SSSR count). The van der Waals surface area contributed by atoms with Crippen LogP contribution >= 0.6 is 0 Å². The summed E-state index contributed by atoms with van der Waals surface area (Å²) in [5.41, 5.74) is 3.29. The Hall–Kier alpha value is -1.63. The fourth-order valence-corrected chi connectivity index (χ4v) is 2.09. The Morgan fingerprint density at radius 1 is 1.17 bits per heavy atom. The molecule has 0 fully saturated rings. The molecular weight excluding hydrogens is 218 g/mol. The zero-order valence-corrected chi connectivity index (χ0v) is 11.5. The van der Waals surface area contributed by atoms with Crippen molar-refractivity contribution in [3.63, 3.8) is 0 Å². The van der Waals surface area contributed by atoms with E-state index >= 15 is 0 Å². The van der Waals surface area contributed by atoms with E-state index < -0.39 is 12.3 Å². The van der Waals surface area contributed by atoms with Gasteiger partial charge in [0.15, 0.2) is 6.20 Å². The molecule has 0 atom stereocenters. The van der Waals surface area contributed by atoms with Gasteiger partial charge < -0.3 is 0 Å². The van der Waals surface area contributed by atoms with Crippen LogP contribution in [-0.4, -0.2) is 0 Å². The van der Waals surface area contributed by atoms with Crippen LogP contribution in [0, 0.1) is 6.92 Å². The molecule has 94 valence electrons. The lowest BCUT2D eigenvalue weighted by Crippen LogP contribution is -2.31. The van der Waals surface area contributed by atoms with Crippen molar-refractivity contribution in [2.75, 3.05) is 0 Å². The van der Waals surface area contributed by atoms with Gasteiger partial charge in [-0.1, -0.05) is 38.9 Å². The Balaban J connectivity index is 2.61. The third-order valence-corrected chi connectivity index (χ3v) is 3.29. The molecule has 0 aliphatic carbocycles. The molecule has 0 N–H and O–H groups in total. The van der Waals surface area contributed by atoms with Crippen LogP contribution in [0.4, 0.5) is 0 Å². The molecule has 0 spiro atoms. The first-order valence-electron chi connectivity index (χ1n) is 7.71. The molecule has 0 bridgehead atoms. The van der Waals surface area contributed by atoms with Gasteiger partial charge in [0.2, 0.25) is 5.69 Å². The lowest BCUT2D eigenvalue weighted by molar-refractivity contribution is -0.660. The van der Waals surface area contributed by atoms with Crippen LogP contribution in [-0.2, 0) is 12.5 Å². The highest BCUT2D eigenvalue weighted by molar-refractivity contribution is 5.61. The maximum Gasteiger partial charge on any atom is 0.212 e. The number of aryl methyl sites for hydroxylation is 2.